The number of urea groups is 1. The Bertz CT molecular complexity index is 691. The molecule has 0 aliphatic rings. The predicted octanol–water partition coefficient (Wildman–Crippen LogP) is 4.37. The van der Waals surface area contributed by atoms with Gasteiger partial charge in [-0.3, -0.25) is 0 Å². The average molecular weight is 312 g/mol. The molecular formula is C19H24N2O2. The third-order valence-electron chi connectivity index (χ3n) is 4.00. The molecule has 0 spiro atoms. The maximum absolute atomic E-state index is 12.3. The second-order valence-corrected chi connectivity index (χ2v) is 6.23. The third-order valence-corrected chi connectivity index (χ3v) is 4.00. The van der Waals surface area contributed by atoms with Crippen LogP contribution in [0, 0.1) is 13.8 Å². The lowest BCUT2D eigenvalue weighted by molar-refractivity contribution is 0.242. The van der Waals surface area contributed by atoms with E-state index in [0.29, 0.717) is 0 Å². The Balaban J connectivity index is 2.06. The zero-order chi connectivity index (χ0) is 17.0. The Labute approximate surface area is 137 Å². The molecule has 2 N–H and O–H groups in total. The van der Waals surface area contributed by atoms with Gasteiger partial charge in [-0.2, -0.15) is 0 Å². The van der Waals surface area contributed by atoms with Crippen LogP contribution in [0.3, 0.4) is 0 Å². The van der Waals surface area contributed by atoms with Gasteiger partial charge in [0.15, 0.2) is 0 Å². The first-order valence-corrected chi connectivity index (χ1v) is 7.63. The van der Waals surface area contributed by atoms with Gasteiger partial charge >= 0.3 is 6.03 Å². The summed E-state index contributed by atoms with van der Waals surface area (Å²) in [5, 5.41) is 5.89. The van der Waals surface area contributed by atoms with Crippen LogP contribution in [-0.2, 0) is 5.54 Å². The highest BCUT2D eigenvalue weighted by atomic mass is 16.5. The molecule has 0 aliphatic heterocycles. The highest BCUT2D eigenvalue weighted by Gasteiger charge is 2.22. The first-order valence-electron chi connectivity index (χ1n) is 7.63. The van der Waals surface area contributed by atoms with Crippen LogP contribution in [0.5, 0.6) is 5.75 Å². The van der Waals surface area contributed by atoms with Gasteiger partial charge in [0, 0.05) is 5.69 Å². The summed E-state index contributed by atoms with van der Waals surface area (Å²) in [6.07, 6.45) is 0. The molecule has 0 aliphatic carbocycles. The number of methoxy groups -OCH3 is 1. The van der Waals surface area contributed by atoms with E-state index in [4.69, 9.17) is 4.74 Å². The van der Waals surface area contributed by atoms with Crippen molar-refractivity contribution in [3.63, 3.8) is 0 Å². The van der Waals surface area contributed by atoms with Gasteiger partial charge < -0.3 is 15.4 Å². The van der Waals surface area contributed by atoms with Crippen molar-refractivity contribution in [2.45, 2.75) is 33.2 Å². The third kappa shape index (κ3) is 4.25. The number of ether oxygens (including phenoxy) is 1. The molecule has 0 saturated carbocycles. The van der Waals surface area contributed by atoms with E-state index in [1.54, 1.807) is 7.11 Å². The van der Waals surface area contributed by atoms with Crippen LogP contribution >= 0.6 is 0 Å². The Morgan fingerprint density at radius 3 is 2.22 bits per heavy atom. The smallest absolute Gasteiger partial charge is 0.319 e. The van der Waals surface area contributed by atoms with Crippen LogP contribution in [0.15, 0.2) is 42.5 Å². The lowest BCUT2D eigenvalue weighted by Crippen LogP contribution is -2.43. The molecule has 0 unspecified atom stereocenters. The van der Waals surface area contributed by atoms with Gasteiger partial charge in [0.25, 0.3) is 0 Å². The minimum absolute atomic E-state index is 0.228. The fourth-order valence-corrected chi connectivity index (χ4v) is 2.35. The van der Waals surface area contributed by atoms with Gasteiger partial charge in [0.05, 0.1) is 12.6 Å². The molecule has 23 heavy (non-hydrogen) atoms. The number of anilines is 1. The maximum Gasteiger partial charge on any atom is 0.319 e. The topological polar surface area (TPSA) is 50.4 Å². The lowest BCUT2D eigenvalue weighted by Gasteiger charge is -2.27. The van der Waals surface area contributed by atoms with Crippen LogP contribution in [-0.4, -0.2) is 13.1 Å². The minimum Gasteiger partial charge on any atom is -0.497 e. The zero-order valence-corrected chi connectivity index (χ0v) is 14.4. The van der Waals surface area contributed by atoms with E-state index in [9.17, 15) is 4.79 Å². The first-order chi connectivity index (χ1) is 10.8. The van der Waals surface area contributed by atoms with Crippen LogP contribution in [0.25, 0.3) is 0 Å². The number of hydrogen-bond donors (Lipinski definition) is 2. The van der Waals surface area contributed by atoms with Gasteiger partial charge in [-0.05, 0) is 68.7 Å². The van der Waals surface area contributed by atoms with Crippen molar-refractivity contribution in [1.29, 1.82) is 0 Å². The molecule has 2 aromatic carbocycles. The second-order valence-electron chi connectivity index (χ2n) is 6.23. The molecule has 2 amide bonds. The van der Waals surface area contributed by atoms with Gasteiger partial charge in [0.2, 0.25) is 0 Å². The summed E-state index contributed by atoms with van der Waals surface area (Å²) in [7, 11) is 1.63. The molecule has 4 heteroatoms. The van der Waals surface area contributed by atoms with Gasteiger partial charge in [-0.1, -0.05) is 18.2 Å². The normalized spacial score (nSPS) is 11.0. The summed E-state index contributed by atoms with van der Waals surface area (Å²) in [4.78, 5) is 12.3. The molecule has 2 rings (SSSR count). The fraction of sp³-hybridized carbons (Fsp3) is 0.316. The first kappa shape index (κ1) is 16.9. The number of aryl methyl sites for hydroxylation is 2. The zero-order valence-electron chi connectivity index (χ0n) is 14.4. The molecule has 0 bridgehead atoms. The SMILES string of the molecule is COc1ccc(C(C)(C)NC(=O)Nc2ccc(C)c(C)c2)cc1. The molecular weight excluding hydrogens is 288 g/mol. The fourth-order valence-electron chi connectivity index (χ4n) is 2.35. The Morgan fingerprint density at radius 1 is 1.00 bits per heavy atom. The highest BCUT2D eigenvalue weighted by Crippen LogP contribution is 2.23. The molecule has 0 aromatic heterocycles. The molecule has 0 radical (unpaired) electrons. The predicted molar refractivity (Wildman–Crippen MR) is 94.1 cm³/mol. The quantitative estimate of drug-likeness (QED) is 0.881. The monoisotopic (exact) mass is 312 g/mol. The van der Waals surface area contributed by atoms with Crippen LogP contribution in [0.1, 0.15) is 30.5 Å². The minimum atomic E-state index is -0.490. The van der Waals surface area contributed by atoms with E-state index in [2.05, 4.69) is 10.6 Å². The summed E-state index contributed by atoms with van der Waals surface area (Å²) in [5.74, 6) is 0.795. The van der Waals surface area contributed by atoms with E-state index in [0.717, 1.165) is 22.6 Å². The van der Waals surface area contributed by atoms with Crippen molar-refractivity contribution in [2.75, 3.05) is 12.4 Å². The number of amides is 2. The average Bonchev–Trinajstić information content (AvgIpc) is 2.50. The van der Waals surface area contributed by atoms with Crippen LogP contribution < -0.4 is 15.4 Å². The number of rotatable bonds is 4. The molecule has 0 heterocycles. The summed E-state index contributed by atoms with van der Waals surface area (Å²) < 4.78 is 5.16. The molecule has 0 fully saturated rings. The summed E-state index contributed by atoms with van der Waals surface area (Å²) in [6, 6.07) is 13.3. The Kier molecular flexibility index (Phi) is 4.94. The van der Waals surface area contributed by atoms with E-state index < -0.39 is 5.54 Å². The largest absolute Gasteiger partial charge is 0.497 e. The van der Waals surface area contributed by atoms with Crippen molar-refractivity contribution < 1.29 is 9.53 Å². The Morgan fingerprint density at radius 2 is 1.65 bits per heavy atom. The maximum atomic E-state index is 12.3. The number of nitrogens with one attached hydrogen (secondary N) is 2. The summed E-state index contributed by atoms with van der Waals surface area (Å²) in [6.45, 7) is 8.01. The molecule has 0 atom stereocenters. The molecule has 122 valence electrons. The standard InChI is InChI=1S/C19H24N2O2/c1-13-6-9-16(12-14(13)2)20-18(22)21-19(3,4)15-7-10-17(23-5)11-8-15/h6-12H,1-5H3,(H2,20,21,22). The number of hydrogen-bond acceptors (Lipinski definition) is 2. The van der Waals surface area contributed by atoms with Gasteiger partial charge in [-0.25, -0.2) is 4.79 Å². The Hall–Kier alpha value is -2.49. The lowest BCUT2D eigenvalue weighted by atomic mass is 9.94. The molecule has 4 nitrogen and oxygen atoms in total. The summed E-state index contributed by atoms with van der Waals surface area (Å²) in [5.41, 5.74) is 3.66. The van der Waals surface area contributed by atoms with Crippen molar-refractivity contribution in [3.05, 3.63) is 59.2 Å². The van der Waals surface area contributed by atoms with E-state index in [1.807, 2.05) is 70.2 Å². The molecule has 2 aromatic rings. The van der Waals surface area contributed by atoms with Crippen molar-refractivity contribution in [2.24, 2.45) is 0 Å². The van der Waals surface area contributed by atoms with Gasteiger partial charge in [0.1, 0.15) is 5.75 Å². The number of benzene rings is 2. The highest BCUT2D eigenvalue weighted by molar-refractivity contribution is 5.90. The van der Waals surface area contributed by atoms with Crippen LogP contribution in [0.2, 0.25) is 0 Å². The van der Waals surface area contributed by atoms with Crippen molar-refractivity contribution in [3.8, 4) is 5.75 Å². The van der Waals surface area contributed by atoms with Gasteiger partial charge in [-0.15, -0.1) is 0 Å². The second kappa shape index (κ2) is 6.73. The van der Waals surface area contributed by atoms with Crippen LogP contribution in [0.4, 0.5) is 10.5 Å². The number of carbonyl (C=O) groups excluding carboxylic acids is 1. The van der Waals surface area contributed by atoms with E-state index in [-0.39, 0.29) is 6.03 Å². The summed E-state index contributed by atoms with van der Waals surface area (Å²) >= 11 is 0. The molecule has 0 saturated heterocycles. The van der Waals surface area contributed by atoms with Crippen molar-refractivity contribution in [1.82, 2.24) is 5.32 Å². The van der Waals surface area contributed by atoms with E-state index >= 15 is 0 Å². The van der Waals surface area contributed by atoms with Crippen molar-refractivity contribution >= 4 is 11.7 Å². The number of carbonyl (C=O) groups is 1. The van der Waals surface area contributed by atoms with E-state index in [1.165, 1.54) is 5.56 Å².